The number of hydrogen-bond acceptors (Lipinski definition) is 4. The maximum Gasteiger partial charge on any atom is 0.285 e. The van der Waals surface area contributed by atoms with Crippen LogP contribution in [0.1, 0.15) is 24.0 Å². The van der Waals surface area contributed by atoms with Crippen LogP contribution in [0.3, 0.4) is 0 Å². The summed E-state index contributed by atoms with van der Waals surface area (Å²) in [6, 6.07) is 13.0. The molecule has 0 bridgehead atoms. The number of fused-ring (bicyclic) bond motifs is 1. The molecule has 1 amide bonds. The Kier molecular flexibility index (Phi) is 5.36. The van der Waals surface area contributed by atoms with Crippen LogP contribution in [0, 0.1) is 11.7 Å². The van der Waals surface area contributed by atoms with E-state index in [-0.39, 0.29) is 22.5 Å². The second-order valence-electron chi connectivity index (χ2n) is 7.34. The molecule has 1 atom stereocenters. The number of sulfonamides is 1. The van der Waals surface area contributed by atoms with E-state index in [4.69, 9.17) is 0 Å². The molecule has 1 saturated heterocycles. The van der Waals surface area contributed by atoms with Gasteiger partial charge in [-0.1, -0.05) is 24.3 Å². The molecule has 8 heteroatoms. The smallest absolute Gasteiger partial charge is 0.285 e. The molecule has 0 radical (unpaired) electrons. The zero-order valence-electron chi connectivity index (χ0n) is 15.8. The van der Waals surface area contributed by atoms with Gasteiger partial charge in [-0.05, 0) is 49.1 Å². The van der Waals surface area contributed by atoms with Crippen LogP contribution in [-0.2, 0) is 21.2 Å². The first kappa shape index (κ1) is 19.6. The van der Waals surface area contributed by atoms with Gasteiger partial charge >= 0.3 is 0 Å². The third-order valence-corrected chi connectivity index (χ3v) is 6.66. The lowest BCUT2D eigenvalue weighted by Crippen LogP contribution is -2.45. The topological polar surface area (TPSA) is 78.8 Å². The first-order chi connectivity index (χ1) is 13.9. The standard InChI is InChI=1S/C21H22FN3O3S/c22-17-9-7-15(8-10-17)11-12-23-21(26)16-4-3-13-25(14-16)20-18-5-1-2-6-19(18)29(27,28)24-20/h1-2,5-10,16H,3-4,11-14H2,(H,23,26). The Morgan fingerprint density at radius 1 is 1.17 bits per heavy atom. The molecule has 4 rings (SSSR count). The van der Waals surface area contributed by atoms with E-state index >= 15 is 0 Å². The third-order valence-electron chi connectivity index (χ3n) is 5.33. The minimum Gasteiger partial charge on any atom is -0.355 e. The molecule has 152 valence electrons. The van der Waals surface area contributed by atoms with E-state index in [2.05, 4.69) is 9.71 Å². The zero-order chi connectivity index (χ0) is 20.4. The van der Waals surface area contributed by atoms with Gasteiger partial charge in [-0.2, -0.15) is 8.42 Å². The van der Waals surface area contributed by atoms with Crippen LogP contribution in [0.4, 0.5) is 4.39 Å². The molecule has 1 unspecified atom stereocenters. The normalized spacial score (nSPS) is 20.1. The summed E-state index contributed by atoms with van der Waals surface area (Å²) >= 11 is 0. The van der Waals surface area contributed by atoms with Gasteiger partial charge in [0.25, 0.3) is 10.0 Å². The summed E-state index contributed by atoms with van der Waals surface area (Å²) in [5.41, 5.74) is 1.56. The first-order valence-electron chi connectivity index (χ1n) is 9.65. The number of amides is 1. The molecule has 6 nitrogen and oxygen atoms in total. The van der Waals surface area contributed by atoms with E-state index in [1.807, 2.05) is 4.90 Å². The second-order valence-corrected chi connectivity index (χ2v) is 8.91. The Morgan fingerprint density at radius 3 is 2.72 bits per heavy atom. The van der Waals surface area contributed by atoms with E-state index in [9.17, 15) is 17.6 Å². The number of nitrogens with one attached hydrogen (secondary N) is 1. The average molecular weight is 415 g/mol. The zero-order valence-corrected chi connectivity index (χ0v) is 16.7. The summed E-state index contributed by atoms with van der Waals surface area (Å²) in [7, 11) is -3.67. The SMILES string of the molecule is O=C(NCCc1ccc(F)cc1)C1CCCN(C2=NS(=O)(=O)c3ccccc32)C1. The Balaban J connectivity index is 1.38. The van der Waals surface area contributed by atoms with Gasteiger partial charge in [-0.15, -0.1) is 4.40 Å². The molecule has 1 N–H and O–H groups in total. The van der Waals surface area contributed by atoms with Gasteiger partial charge in [-0.3, -0.25) is 4.79 Å². The molecule has 0 spiro atoms. The highest BCUT2D eigenvalue weighted by molar-refractivity contribution is 7.90. The van der Waals surface area contributed by atoms with E-state index in [1.54, 1.807) is 36.4 Å². The lowest BCUT2D eigenvalue weighted by atomic mass is 9.96. The number of halogens is 1. The Morgan fingerprint density at radius 2 is 1.93 bits per heavy atom. The van der Waals surface area contributed by atoms with Crippen LogP contribution in [0.15, 0.2) is 57.8 Å². The van der Waals surface area contributed by atoms with Gasteiger partial charge in [0.1, 0.15) is 10.7 Å². The van der Waals surface area contributed by atoms with Crippen molar-refractivity contribution in [2.45, 2.75) is 24.2 Å². The van der Waals surface area contributed by atoms with Crippen LogP contribution in [0.5, 0.6) is 0 Å². The summed E-state index contributed by atoms with van der Waals surface area (Å²) in [5.74, 6) is -0.121. The number of nitrogens with zero attached hydrogens (tertiary/aromatic N) is 2. The lowest BCUT2D eigenvalue weighted by Gasteiger charge is -2.33. The van der Waals surface area contributed by atoms with Gasteiger partial charge in [0.2, 0.25) is 5.91 Å². The minimum atomic E-state index is -3.67. The van der Waals surface area contributed by atoms with Gasteiger partial charge in [0, 0.05) is 25.2 Å². The van der Waals surface area contributed by atoms with Gasteiger partial charge in [0.05, 0.1) is 5.92 Å². The fourth-order valence-electron chi connectivity index (χ4n) is 3.83. The molecule has 2 aromatic rings. The minimum absolute atomic E-state index is 0.0495. The summed E-state index contributed by atoms with van der Waals surface area (Å²) in [6.07, 6.45) is 2.17. The molecule has 2 heterocycles. The number of rotatable bonds is 4. The van der Waals surface area contributed by atoms with Crippen molar-refractivity contribution in [3.63, 3.8) is 0 Å². The van der Waals surface area contributed by atoms with Crippen molar-refractivity contribution in [1.82, 2.24) is 10.2 Å². The number of amidine groups is 1. The van der Waals surface area contributed by atoms with E-state index < -0.39 is 10.0 Å². The average Bonchev–Trinajstić information content (AvgIpc) is 3.01. The maximum atomic E-state index is 13.0. The molecule has 29 heavy (non-hydrogen) atoms. The monoisotopic (exact) mass is 415 g/mol. The summed E-state index contributed by atoms with van der Waals surface area (Å²) in [6.45, 7) is 1.58. The summed E-state index contributed by atoms with van der Waals surface area (Å²) < 4.78 is 41.5. The van der Waals surface area contributed by atoms with Crippen molar-refractivity contribution in [1.29, 1.82) is 0 Å². The summed E-state index contributed by atoms with van der Waals surface area (Å²) in [5, 5.41) is 2.94. The fraction of sp³-hybridized carbons (Fsp3) is 0.333. The highest BCUT2D eigenvalue weighted by Crippen LogP contribution is 2.29. The third kappa shape index (κ3) is 4.17. The molecule has 0 aromatic heterocycles. The molecular weight excluding hydrogens is 393 g/mol. The number of hydrogen-bond donors (Lipinski definition) is 1. The fourth-order valence-corrected chi connectivity index (χ4v) is 5.05. The van der Waals surface area contributed by atoms with Gasteiger partial charge < -0.3 is 10.2 Å². The molecule has 2 aliphatic heterocycles. The Labute approximate surface area is 169 Å². The van der Waals surface area contributed by atoms with Crippen molar-refractivity contribution in [3.05, 3.63) is 65.5 Å². The lowest BCUT2D eigenvalue weighted by molar-refractivity contribution is -0.126. The van der Waals surface area contributed by atoms with Crippen LogP contribution >= 0.6 is 0 Å². The van der Waals surface area contributed by atoms with E-state index in [1.165, 1.54) is 12.1 Å². The highest BCUT2D eigenvalue weighted by Gasteiger charge is 2.35. The van der Waals surface area contributed by atoms with E-state index in [0.29, 0.717) is 37.5 Å². The predicted molar refractivity (Wildman–Crippen MR) is 108 cm³/mol. The van der Waals surface area contributed by atoms with Gasteiger partial charge in [-0.25, -0.2) is 4.39 Å². The van der Waals surface area contributed by atoms with Crippen LogP contribution in [-0.4, -0.2) is 44.7 Å². The molecule has 2 aromatic carbocycles. The van der Waals surface area contributed by atoms with Crippen molar-refractivity contribution in [3.8, 4) is 0 Å². The van der Waals surface area contributed by atoms with Crippen LogP contribution < -0.4 is 5.32 Å². The Hall–Kier alpha value is -2.74. The van der Waals surface area contributed by atoms with Gasteiger partial charge in [0.15, 0.2) is 5.84 Å². The quantitative estimate of drug-likeness (QED) is 0.832. The molecule has 0 aliphatic carbocycles. The number of benzene rings is 2. The number of carbonyl (C=O) groups excluding carboxylic acids is 1. The van der Waals surface area contributed by atoms with Crippen molar-refractivity contribution in [2.24, 2.45) is 10.3 Å². The highest BCUT2D eigenvalue weighted by atomic mass is 32.2. The molecular formula is C21H22FN3O3S. The Bertz CT molecular complexity index is 1050. The first-order valence-corrected chi connectivity index (χ1v) is 11.1. The predicted octanol–water partition coefficient (Wildman–Crippen LogP) is 2.35. The largest absolute Gasteiger partial charge is 0.355 e. The van der Waals surface area contributed by atoms with Crippen LogP contribution in [0.25, 0.3) is 0 Å². The molecule has 1 fully saturated rings. The number of likely N-dealkylation sites (tertiary alicyclic amines) is 1. The maximum absolute atomic E-state index is 13.0. The molecule has 0 saturated carbocycles. The van der Waals surface area contributed by atoms with E-state index in [0.717, 1.165) is 18.4 Å². The van der Waals surface area contributed by atoms with Crippen molar-refractivity contribution >= 4 is 21.8 Å². The summed E-state index contributed by atoms with van der Waals surface area (Å²) in [4.78, 5) is 14.7. The number of carbonyl (C=O) groups is 1. The molecule has 2 aliphatic rings. The van der Waals surface area contributed by atoms with Crippen molar-refractivity contribution < 1.29 is 17.6 Å². The van der Waals surface area contributed by atoms with Crippen LogP contribution in [0.2, 0.25) is 0 Å². The number of piperidine rings is 1. The van der Waals surface area contributed by atoms with Crippen molar-refractivity contribution in [2.75, 3.05) is 19.6 Å². The second kappa shape index (κ2) is 7.94.